The monoisotopic (exact) mass is 1010 g/mol. The predicted molar refractivity (Wildman–Crippen MR) is 212 cm³/mol. The first-order chi connectivity index (χ1) is 23.9. The van der Waals surface area contributed by atoms with E-state index in [1.807, 2.05) is 0 Å². The first-order valence-electron chi connectivity index (χ1n) is 16.9. The van der Waals surface area contributed by atoms with E-state index >= 15 is 0 Å². The summed E-state index contributed by atoms with van der Waals surface area (Å²) in [6.07, 6.45) is 0. The summed E-state index contributed by atoms with van der Waals surface area (Å²) in [5.41, 5.74) is 7.33. The van der Waals surface area contributed by atoms with Crippen LogP contribution in [0.3, 0.4) is 0 Å². The Morgan fingerprint density at radius 3 is 0.673 bits per heavy atom. The van der Waals surface area contributed by atoms with Gasteiger partial charge in [-0.25, -0.2) is 0 Å². The minimum absolute atomic E-state index is 0.744. The van der Waals surface area contributed by atoms with Gasteiger partial charge in [-0.2, -0.15) is 0 Å². The van der Waals surface area contributed by atoms with Crippen LogP contribution in [0.25, 0.3) is 0 Å². The van der Waals surface area contributed by atoms with Crippen LogP contribution in [-0.2, 0) is 29.4 Å². The molecule has 0 heterocycles. The predicted octanol–water partition coefficient (Wildman–Crippen LogP) is 10.5. The Morgan fingerprint density at radius 1 is 0.286 bits per heavy atom. The third kappa shape index (κ3) is 11.6. The van der Waals surface area contributed by atoms with E-state index in [-0.39, 0.29) is 0 Å². The molecule has 0 bridgehead atoms. The van der Waals surface area contributed by atoms with Gasteiger partial charge in [-0.15, -0.1) is 0 Å². The van der Waals surface area contributed by atoms with Crippen molar-refractivity contribution in [2.45, 2.75) is 26.6 Å². The molecule has 0 amide bonds. The summed E-state index contributed by atoms with van der Waals surface area (Å²) in [4.78, 5) is 0. The molecule has 0 atom stereocenters. The Bertz CT molecular complexity index is 1610. The molecule has 0 aliphatic carbocycles. The molecule has 0 aromatic heterocycles. The molecule has 0 fully saturated rings. The van der Waals surface area contributed by atoms with E-state index in [1.54, 1.807) is 0 Å². The quantitative estimate of drug-likeness (QED) is 0.0900. The van der Waals surface area contributed by atoms with E-state index in [9.17, 15) is 0 Å². The molecule has 0 saturated heterocycles. The number of halogens is 2. The maximum absolute atomic E-state index is 8.11. The molecule has 6 aromatic carbocycles. The van der Waals surface area contributed by atoms with Crippen LogP contribution in [0.1, 0.15) is 33.4 Å². The van der Waals surface area contributed by atoms with Gasteiger partial charge >= 0.3 is 317 Å². The zero-order valence-corrected chi connectivity index (χ0v) is 37.7. The SMILES string of the molecule is [Cl][Sn]([CH2]c1ccccc1)([CH2]c1ccccc1)[O][Sn]([CH2]c1ccccc1)([CH2]c1ccccc1)[O][Sn]([Cl])([CH2]c1ccccc1)[CH2]c1ccccc1. The van der Waals surface area contributed by atoms with Gasteiger partial charge in [0, 0.05) is 0 Å². The van der Waals surface area contributed by atoms with Crippen molar-refractivity contribution in [3.63, 3.8) is 0 Å². The van der Waals surface area contributed by atoms with Gasteiger partial charge in [0.2, 0.25) is 0 Å². The number of hydrogen-bond donors (Lipinski definition) is 0. The van der Waals surface area contributed by atoms with Crippen molar-refractivity contribution < 1.29 is 2.82 Å². The van der Waals surface area contributed by atoms with Gasteiger partial charge in [0.05, 0.1) is 0 Å². The number of hydrogen-bond acceptors (Lipinski definition) is 2. The van der Waals surface area contributed by atoms with Crippen molar-refractivity contribution in [3.05, 3.63) is 215 Å². The van der Waals surface area contributed by atoms with E-state index in [2.05, 4.69) is 182 Å². The first kappa shape index (κ1) is 37.0. The van der Waals surface area contributed by atoms with Gasteiger partial charge in [0.15, 0.2) is 0 Å². The zero-order chi connectivity index (χ0) is 33.8. The van der Waals surface area contributed by atoms with Gasteiger partial charge in [-0.1, -0.05) is 0 Å². The molecular formula is C42H42Cl2O2Sn3. The molecule has 0 unspecified atom stereocenters. The summed E-state index contributed by atoms with van der Waals surface area (Å²) in [7, 11) is 16.2. The fourth-order valence-electron chi connectivity index (χ4n) is 6.58. The summed E-state index contributed by atoms with van der Waals surface area (Å²) in [5, 5.41) is 0. The summed E-state index contributed by atoms with van der Waals surface area (Å²) in [5.74, 6) is 0. The van der Waals surface area contributed by atoms with Crippen LogP contribution >= 0.6 is 17.8 Å². The maximum atomic E-state index is 8.11. The molecule has 248 valence electrons. The van der Waals surface area contributed by atoms with E-state index in [1.165, 1.54) is 33.4 Å². The van der Waals surface area contributed by atoms with E-state index in [4.69, 9.17) is 20.7 Å². The van der Waals surface area contributed by atoms with Gasteiger partial charge in [0.25, 0.3) is 0 Å². The van der Waals surface area contributed by atoms with Crippen LogP contribution in [0.2, 0.25) is 0 Å². The summed E-state index contributed by atoms with van der Waals surface area (Å²) < 4.78 is 20.4. The summed E-state index contributed by atoms with van der Waals surface area (Å²) >= 11 is -12.5. The van der Waals surface area contributed by atoms with Crippen LogP contribution in [0.5, 0.6) is 0 Å². The third-order valence-corrected chi connectivity index (χ3v) is 67.7. The topological polar surface area (TPSA) is 18.5 Å². The minimum atomic E-state index is -4.35. The van der Waals surface area contributed by atoms with Crippen molar-refractivity contribution in [1.29, 1.82) is 0 Å². The second-order valence-corrected chi connectivity index (χ2v) is 52.4. The van der Waals surface area contributed by atoms with Crippen molar-refractivity contribution in [1.82, 2.24) is 0 Å². The van der Waals surface area contributed by atoms with Gasteiger partial charge < -0.3 is 0 Å². The molecule has 0 saturated carbocycles. The van der Waals surface area contributed by atoms with E-state index in [0.29, 0.717) is 0 Å². The zero-order valence-electron chi connectivity index (χ0n) is 27.6. The Hall–Kier alpha value is -1.78. The fourth-order valence-corrected chi connectivity index (χ4v) is 87.3. The molecule has 0 radical (unpaired) electrons. The molecule has 0 aliphatic heterocycles. The Balaban J connectivity index is 1.49. The van der Waals surface area contributed by atoms with Crippen molar-refractivity contribution in [2.24, 2.45) is 0 Å². The summed E-state index contributed by atoms with van der Waals surface area (Å²) in [6.45, 7) is 0. The molecule has 6 rings (SSSR count). The molecule has 6 aromatic rings. The first-order valence-corrected chi connectivity index (χ1v) is 40.9. The van der Waals surface area contributed by atoms with Gasteiger partial charge in [-0.3, -0.25) is 0 Å². The van der Waals surface area contributed by atoms with E-state index < -0.39 is 54.5 Å². The van der Waals surface area contributed by atoms with Crippen LogP contribution < -0.4 is 0 Å². The fraction of sp³-hybridized carbons (Fsp3) is 0.143. The van der Waals surface area contributed by atoms with E-state index in [0.717, 1.165) is 26.6 Å². The van der Waals surface area contributed by atoms with Gasteiger partial charge in [-0.05, 0) is 0 Å². The summed E-state index contributed by atoms with van der Waals surface area (Å²) in [6, 6.07) is 64.0. The Morgan fingerprint density at radius 2 is 0.469 bits per heavy atom. The molecule has 2 nitrogen and oxygen atoms in total. The average molecular weight is 1010 g/mol. The van der Waals surface area contributed by atoms with Crippen molar-refractivity contribution in [3.8, 4) is 0 Å². The standard InChI is InChI=1S/6C7H7.2ClH.2O.3Sn/c6*1-7-5-3-2-4-6-7;;;;;;;/h6*2-6H,1H2;2*1H;;;;;/q;;;;;;;;;;;2*+1/p-2. The van der Waals surface area contributed by atoms with Crippen LogP contribution in [0, 0.1) is 0 Å². The van der Waals surface area contributed by atoms with Gasteiger partial charge in [0.1, 0.15) is 0 Å². The van der Waals surface area contributed by atoms with Crippen molar-refractivity contribution >= 4 is 72.4 Å². The Labute approximate surface area is 313 Å². The number of rotatable bonds is 16. The second kappa shape index (κ2) is 18.1. The third-order valence-electron chi connectivity index (χ3n) is 8.61. The average Bonchev–Trinajstić information content (AvgIpc) is 3.10. The van der Waals surface area contributed by atoms with Crippen molar-refractivity contribution in [2.75, 3.05) is 0 Å². The second-order valence-electron chi connectivity index (χ2n) is 12.9. The molecule has 49 heavy (non-hydrogen) atoms. The molecule has 7 heteroatoms. The number of benzene rings is 6. The molecule has 0 spiro atoms. The van der Waals surface area contributed by atoms with Crippen LogP contribution in [0.15, 0.2) is 182 Å². The molecule has 0 N–H and O–H groups in total. The normalized spacial score (nSPS) is 12.1. The van der Waals surface area contributed by atoms with Crippen LogP contribution in [-0.4, -0.2) is 54.5 Å². The molecular weight excluding hydrogens is 963 g/mol. The molecule has 0 aliphatic rings. The Kier molecular flexibility index (Phi) is 13.7. The van der Waals surface area contributed by atoms with Crippen LogP contribution in [0.4, 0.5) is 0 Å².